The zero-order valence-electron chi connectivity index (χ0n) is 11.3. The minimum atomic E-state index is -0.0943. The van der Waals surface area contributed by atoms with Crippen LogP contribution in [0.1, 0.15) is 22.7 Å². The lowest BCUT2D eigenvalue weighted by Crippen LogP contribution is -2.30. The van der Waals surface area contributed by atoms with Gasteiger partial charge in [0.2, 0.25) is 6.79 Å². The van der Waals surface area contributed by atoms with Crippen molar-refractivity contribution < 1.29 is 19.7 Å². The lowest BCUT2D eigenvalue weighted by molar-refractivity contribution is 0.174. The molecule has 108 valence electrons. The maximum Gasteiger partial charge on any atom is 0.231 e. The summed E-state index contributed by atoms with van der Waals surface area (Å²) < 4.78 is 10.8. The quantitative estimate of drug-likeness (QED) is 0.700. The van der Waals surface area contributed by atoms with Crippen LogP contribution in [-0.2, 0) is 6.42 Å². The zero-order valence-corrected chi connectivity index (χ0v) is 11.3. The number of rotatable bonds is 1. The summed E-state index contributed by atoms with van der Waals surface area (Å²) in [5.74, 6) is 1.33. The molecule has 2 aliphatic heterocycles. The van der Waals surface area contributed by atoms with Gasteiger partial charge in [0.25, 0.3) is 0 Å². The lowest BCUT2D eigenvalue weighted by Gasteiger charge is -2.28. The van der Waals surface area contributed by atoms with Crippen LogP contribution in [-0.4, -0.2) is 23.6 Å². The van der Waals surface area contributed by atoms with Gasteiger partial charge in [0.15, 0.2) is 23.0 Å². The van der Waals surface area contributed by atoms with Crippen LogP contribution in [0, 0.1) is 0 Å². The minimum Gasteiger partial charge on any atom is -0.504 e. The highest BCUT2D eigenvalue weighted by molar-refractivity contribution is 5.52. The Labute approximate surface area is 121 Å². The predicted octanol–water partition coefficient (Wildman–Crippen LogP) is 2.06. The molecular formula is C16H15NO4. The summed E-state index contributed by atoms with van der Waals surface area (Å²) in [7, 11) is 0. The van der Waals surface area contributed by atoms with E-state index < -0.39 is 0 Å². The summed E-state index contributed by atoms with van der Waals surface area (Å²) in [6.07, 6.45) is 0.824. The largest absolute Gasteiger partial charge is 0.504 e. The summed E-state index contributed by atoms with van der Waals surface area (Å²) in [6.45, 7) is 1.07. The van der Waals surface area contributed by atoms with Crippen molar-refractivity contribution in [3.05, 3.63) is 47.0 Å². The Morgan fingerprint density at radius 1 is 1.00 bits per heavy atom. The molecule has 21 heavy (non-hydrogen) atoms. The van der Waals surface area contributed by atoms with Gasteiger partial charge >= 0.3 is 0 Å². The van der Waals surface area contributed by atoms with Crippen molar-refractivity contribution in [1.82, 2.24) is 5.32 Å². The van der Waals surface area contributed by atoms with Crippen LogP contribution in [0.3, 0.4) is 0 Å². The van der Waals surface area contributed by atoms with Crippen molar-refractivity contribution in [2.75, 3.05) is 13.3 Å². The molecule has 0 fully saturated rings. The highest BCUT2D eigenvalue weighted by Gasteiger charge is 2.25. The molecule has 0 radical (unpaired) electrons. The van der Waals surface area contributed by atoms with Crippen LogP contribution in [0.4, 0.5) is 0 Å². The Bertz CT molecular complexity index is 714. The van der Waals surface area contributed by atoms with Crippen molar-refractivity contribution in [2.45, 2.75) is 12.5 Å². The fourth-order valence-corrected chi connectivity index (χ4v) is 2.97. The van der Waals surface area contributed by atoms with E-state index in [2.05, 4.69) is 5.32 Å². The van der Waals surface area contributed by atoms with E-state index in [1.165, 1.54) is 0 Å². The number of fused-ring (bicyclic) bond motifs is 2. The third-order valence-electron chi connectivity index (χ3n) is 4.02. The second-order valence-corrected chi connectivity index (χ2v) is 5.29. The van der Waals surface area contributed by atoms with Gasteiger partial charge in [0.1, 0.15) is 0 Å². The predicted molar refractivity (Wildman–Crippen MR) is 75.9 cm³/mol. The molecule has 1 atom stereocenters. The molecule has 2 heterocycles. The third-order valence-corrected chi connectivity index (χ3v) is 4.02. The maximum absolute atomic E-state index is 9.77. The van der Waals surface area contributed by atoms with Gasteiger partial charge in [-0.05, 0) is 47.4 Å². The number of benzene rings is 2. The van der Waals surface area contributed by atoms with E-state index in [0.717, 1.165) is 41.2 Å². The number of ether oxygens (including phenoxy) is 2. The minimum absolute atomic E-state index is 0.0326. The number of hydrogen-bond donors (Lipinski definition) is 3. The van der Waals surface area contributed by atoms with Crippen LogP contribution < -0.4 is 14.8 Å². The molecule has 1 unspecified atom stereocenters. The van der Waals surface area contributed by atoms with E-state index in [9.17, 15) is 10.2 Å². The zero-order chi connectivity index (χ0) is 14.4. The molecule has 2 aliphatic rings. The van der Waals surface area contributed by atoms with Crippen LogP contribution >= 0.6 is 0 Å². The van der Waals surface area contributed by atoms with Gasteiger partial charge in [-0.1, -0.05) is 6.07 Å². The molecule has 5 nitrogen and oxygen atoms in total. The molecule has 0 saturated heterocycles. The van der Waals surface area contributed by atoms with Crippen molar-refractivity contribution in [3.8, 4) is 23.0 Å². The molecule has 4 rings (SSSR count). The summed E-state index contributed by atoms with van der Waals surface area (Å²) in [5, 5.41) is 22.9. The number of aromatic hydroxyl groups is 2. The van der Waals surface area contributed by atoms with Gasteiger partial charge in [-0.15, -0.1) is 0 Å². The van der Waals surface area contributed by atoms with E-state index in [1.54, 1.807) is 12.1 Å². The third kappa shape index (κ3) is 1.97. The Balaban J connectivity index is 1.79. The molecule has 0 saturated carbocycles. The normalized spacial score (nSPS) is 19.3. The van der Waals surface area contributed by atoms with Gasteiger partial charge in [-0.2, -0.15) is 0 Å². The second-order valence-electron chi connectivity index (χ2n) is 5.29. The Hall–Kier alpha value is -2.40. The van der Waals surface area contributed by atoms with Gasteiger partial charge < -0.3 is 25.0 Å². The summed E-state index contributed by atoms with van der Waals surface area (Å²) in [4.78, 5) is 0. The smallest absolute Gasteiger partial charge is 0.231 e. The van der Waals surface area contributed by atoms with E-state index in [1.807, 2.05) is 18.2 Å². The average Bonchev–Trinajstić information content (AvgIpc) is 2.95. The Morgan fingerprint density at radius 2 is 1.81 bits per heavy atom. The van der Waals surface area contributed by atoms with E-state index in [4.69, 9.17) is 9.47 Å². The SMILES string of the molecule is Oc1cc2c(cc1O)C(c1ccc3c(c1)OCO3)NCC2. The van der Waals surface area contributed by atoms with E-state index in [-0.39, 0.29) is 24.3 Å². The number of phenols is 2. The monoisotopic (exact) mass is 285 g/mol. The standard InChI is InChI=1S/C16H15NO4/c18-12-5-9-3-4-17-16(11(9)7-13(12)19)10-1-2-14-15(6-10)21-8-20-14/h1-2,5-7,16-19H,3-4,8H2. The van der Waals surface area contributed by atoms with Gasteiger partial charge in [0, 0.05) is 6.54 Å². The van der Waals surface area contributed by atoms with Crippen molar-refractivity contribution >= 4 is 0 Å². The van der Waals surface area contributed by atoms with Crippen LogP contribution in [0.25, 0.3) is 0 Å². The Morgan fingerprint density at radius 3 is 2.71 bits per heavy atom. The summed E-state index contributed by atoms with van der Waals surface area (Å²) in [6, 6.07) is 9.09. The first kappa shape index (κ1) is 12.3. The molecule has 0 amide bonds. The topological polar surface area (TPSA) is 71.0 Å². The average molecular weight is 285 g/mol. The molecule has 0 bridgehead atoms. The summed E-state index contributed by atoms with van der Waals surface area (Å²) >= 11 is 0. The first-order valence-electron chi connectivity index (χ1n) is 6.90. The molecule has 0 aliphatic carbocycles. The molecule has 0 aromatic heterocycles. The number of hydrogen-bond acceptors (Lipinski definition) is 5. The fourth-order valence-electron chi connectivity index (χ4n) is 2.97. The lowest BCUT2D eigenvalue weighted by atomic mass is 9.89. The van der Waals surface area contributed by atoms with E-state index >= 15 is 0 Å². The molecular weight excluding hydrogens is 270 g/mol. The summed E-state index contributed by atoms with van der Waals surface area (Å²) in [5.41, 5.74) is 3.08. The van der Waals surface area contributed by atoms with Crippen LogP contribution in [0.15, 0.2) is 30.3 Å². The van der Waals surface area contributed by atoms with Crippen LogP contribution in [0.2, 0.25) is 0 Å². The second kappa shape index (κ2) is 4.56. The molecule has 2 aromatic rings. The van der Waals surface area contributed by atoms with Crippen molar-refractivity contribution in [2.24, 2.45) is 0 Å². The van der Waals surface area contributed by atoms with Gasteiger partial charge in [-0.25, -0.2) is 0 Å². The highest BCUT2D eigenvalue weighted by Crippen LogP contribution is 2.39. The maximum atomic E-state index is 9.77. The van der Waals surface area contributed by atoms with Crippen molar-refractivity contribution in [1.29, 1.82) is 0 Å². The number of nitrogens with one attached hydrogen (secondary N) is 1. The first-order chi connectivity index (χ1) is 10.2. The number of phenolic OH excluding ortho intramolecular Hbond substituents is 2. The highest BCUT2D eigenvalue weighted by atomic mass is 16.7. The fraction of sp³-hybridized carbons (Fsp3) is 0.250. The molecule has 5 heteroatoms. The van der Waals surface area contributed by atoms with Crippen LogP contribution in [0.5, 0.6) is 23.0 Å². The van der Waals surface area contributed by atoms with E-state index in [0.29, 0.717) is 0 Å². The van der Waals surface area contributed by atoms with Crippen molar-refractivity contribution in [3.63, 3.8) is 0 Å². The molecule has 0 spiro atoms. The van der Waals surface area contributed by atoms with Gasteiger partial charge in [-0.3, -0.25) is 0 Å². The first-order valence-corrected chi connectivity index (χ1v) is 6.90. The van der Waals surface area contributed by atoms with Gasteiger partial charge in [0.05, 0.1) is 6.04 Å². The molecule has 3 N–H and O–H groups in total. The molecule has 2 aromatic carbocycles. The Kier molecular flexibility index (Phi) is 2.68.